The summed E-state index contributed by atoms with van der Waals surface area (Å²) in [5.74, 6) is 0. The van der Waals surface area contributed by atoms with Gasteiger partial charge in [0.05, 0.1) is 10.8 Å². The molecule has 0 aliphatic rings. The van der Waals surface area contributed by atoms with E-state index in [1.54, 1.807) is 0 Å². The first-order valence-electron chi connectivity index (χ1n) is 2.76. The van der Waals surface area contributed by atoms with E-state index in [0.29, 0.717) is 0 Å². The van der Waals surface area contributed by atoms with Crippen molar-refractivity contribution in [3.05, 3.63) is 27.0 Å². The summed E-state index contributed by atoms with van der Waals surface area (Å²) < 4.78 is 10.7. The van der Waals surface area contributed by atoms with Crippen LogP contribution < -0.4 is 11.2 Å². The van der Waals surface area contributed by atoms with E-state index >= 15 is 0 Å². The number of hydrogen-bond donors (Lipinski definition) is 2. The van der Waals surface area contributed by atoms with Gasteiger partial charge in [0.2, 0.25) is 0 Å². The molecule has 2 N–H and O–H groups in total. The first-order chi connectivity index (χ1) is 5.11. The van der Waals surface area contributed by atoms with Crippen LogP contribution in [0.15, 0.2) is 20.7 Å². The maximum Gasteiger partial charge on any atom is 0.325 e. The van der Waals surface area contributed by atoms with Crippen LogP contribution in [-0.4, -0.2) is 20.4 Å². The zero-order valence-corrected chi connectivity index (χ0v) is 6.53. The van der Waals surface area contributed by atoms with Crippen molar-refractivity contribution < 1.29 is 4.21 Å². The van der Waals surface area contributed by atoms with E-state index in [4.69, 9.17) is 0 Å². The molecule has 0 saturated carbocycles. The van der Waals surface area contributed by atoms with Gasteiger partial charge in [0.1, 0.15) is 4.90 Å². The minimum absolute atomic E-state index is 0.0737. The molecule has 6 heteroatoms. The van der Waals surface area contributed by atoms with Crippen LogP contribution in [0, 0.1) is 0 Å². The molecule has 0 fully saturated rings. The Morgan fingerprint density at radius 2 is 2.09 bits per heavy atom. The van der Waals surface area contributed by atoms with Gasteiger partial charge in [-0.2, -0.15) is 0 Å². The van der Waals surface area contributed by atoms with Crippen LogP contribution in [0.2, 0.25) is 0 Å². The van der Waals surface area contributed by atoms with Crippen LogP contribution in [0.4, 0.5) is 0 Å². The third kappa shape index (κ3) is 1.64. The molecule has 1 heterocycles. The van der Waals surface area contributed by atoms with Crippen molar-refractivity contribution in [3.63, 3.8) is 0 Å². The molecule has 0 spiro atoms. The number of rotatable bonds is 1. The van der Waals surface area contributed by atoms with Crippen molar-refractivity contribution in [3.8, 4) is 0 Å². The normalized spacial score (nSPS) is 12.8. The van der Waals surface area contributed by atoms with Gasteiger partial charge in [-0.3, -0.25) is 14.0 Å². The standard InChI is InChI=1S/C5H6N2O3S/c1-11(10)3-2-6-5(9)7-4(3)8/h2H,1H3,(H2,6,7,8,9). The highest BCUT2D eigenvalue weighted by Crippen LogP contribution is 1.88. The zero-order chi connectivity index (χ0) is 8.43. The van der Waals surface area contributed by atoms with Crippen LogP contribution in [0.3, 0.4) is 0 Å². The predicted octanol–water partition coefficient (Wildman–Crippen LogP) is -1.20. The lowest BCUT2D eigenvalue weighted by Gasteiger charge is -1.90. The highest BCUT2D eigenvalue weighted by atomic mass is 32.2. The highest BCUT2D eigenvalue weighted by molar-refractivity contribution is 7.84. The van der Waals surface area contributed by atoms with Gasteiger partial charge < -0.3 is 4.98 Å². The van der Waals surface area contributed by atoms with E-state index in [-0.39, 0.29) is 4.90 Å². The summed E-state index contributed by atoms with van der Waals surface area (Å²) in [6.45, 7) is 0. The molecule has 1 aromatic rings. The summed E-state index contributed by atoms with van der Waals surface area (Å²) in [5.41, 5.74) is -1.20. The molecule has 11 heavy (non-hydrogen) atoms. The monoisotopic (exact) mass is 174 g/mol. The second-order valence-corrected chi connectivity index (χ2v) is 3.24. The number of hydrogen-bond acceptors (Lipinski definition) is 3. The van der Waals surface area contributed by atoms with Gasteiger partial charge in [0.15, 0.2) is 0 Å². The van der Waals surface area contributed by atoms with E-state index in [1.165, 1.54) is 6.26 Å². The molecule has 0 aliphatic heterocycles. The first kappa shape index (κ1) is 7.93. The fraction of sp³-hybridized carbons (Fsp3) is 0.200. The van der Waals surface area contributed by atoms with E-state index in [9.17, 15) is 13.8 Å². The molecule has 1 unspecified atom stereocenters. The Kier molecular flexibility index (Phi) is 2.04. The van der Waals surface area contributed by atoms with Crippen LogP contribution in [0.5, 0.6) is 0 Å². The van der Waals surface area contributed by atoms with Crippen molar-refractivity contribution in [1.82, 2.24) is 9.97 Å². The highest BCUT2D eigenvalue weighted by Gasteiger charge is 2.02. The Hall–Kier alpha value is -1.17. The summed E-state index contributed by atoms with van der Waals surface area (Å²) in [6, 6.07) is 0. The average molecular weight is 174 g/mol. The molecule has 0 aliphatic carbocycles. The summed E-state index contributed by atoms with van der Waals surface area (Å²) in [7, 11) is -1.36. The number of aromatic nitrogens is 2. The maximum absolute atomic E-state index is 10.8. The number of aromatic amines is 2. The van der Waals surface area contributed by atoms with Gasteiger partial charge in [-0.15, -0.1) is 0 Å². The van der Waals surface area contributed by atoms with Gasteiger partial charge in [-0.1, -0.05) is 0 Å². The molecule has 1 rings (SSSR count). The largest absolute Gasteiger partial charge is 0.325 e. The van der Waals surface area contributed by atoms with Crippen molar-refractivity contribution >= 4 is 10.8 Å². The second-order valence-electron chi connectivity index (χ2n) is 1.89. The molecule has 60 valence electrons. The molecular formula is C5H6N2O3S. The Morgan fingerprint density at radius 1 is 1.45 bits per heavy atom. The minimum atomic E-state index is -1.36. The molecule has 0 amide bonds. The Morgan fingerprint density at radius 3 is 2.55 bits per heavy atom. The fourth-order valence-corrected chi connectivity index (χ4v) is 1.15. The van der Waals surface area contributed by atoms with Gasteiger partial charge in [0, 0.05) is 12.5 Å². The smallest absolute Gasteiger partial charge is 0.313 e. The lowest BCUT2D eigenvalue weighted by molar-refractivity contribution is 0.685. The van der Waals surface area contributed by atoms with Gasteiger partial charge >= 0.3 is 5.69 Å². The SMILES string of the molecule is CS(=O)c1c[nH]c(=O)[nH]c1=O. The van der Waals surface area contributed by atoms with Crippen LogP contribution in [0.25, 0.3) is 0 Å². The van der Waals surface area contributed by atoms with Crippen LogP contribution in [-0.2, 0) is 10.8 Å². The van der Waals surface area contributed by atoms with E-state index < -0.39 is 22.0 Å². The Bertz CT molecular complexity index is 391. The number of nitrogens with one attached hydrogen (secondary N) is 2. The molecule has 1 aromatic heterocycles. The zero-order valence-electron chi connectivity index (χ0n) is 5.71. The lowest BCUT2D eigenvalue weighted by atomic mass is 10.7. The number of H-pyrrole nitrogens is 2. The first-order valence-corrected chi connectivity index (χ1v) is 4.32. The molecule has 0 bridgehead atoms. The fourth-order valence-electron chi connectivity index (χ4n) is 0.611. The molecule has 0 aromatic carbocycles. The Labute approximate surface area is 63.9 Å². The van der Waals surface area contributed by atoms with Gasteiger partial charge in [0.25, 0.3) is 5.56 Å². The molecule has 1 atom stereocenters. The molecule has 0 saturated heterocycles. The Balaban J connectivity index is 3.43. The van der Waals surface area contributed by atoms with Crippen LogP contribution in [0.1, 0.15) is 0 Å². The third-order valence-electron chi connectivity index (χ3n) is 1.09. The predicted molar refractivity (Wildman–Crippen MR) is 40.0 cm³/mol. The third-order valence-corrected chi connectivity index (χ3v) is 2.02. The summed E-state index contributed by atoms with van der Waals surface area (Å²) in [4.78, 5) is 25.5. The van der Waals surface area contributed by atoms with Crippen molar-refractivity contribution in [1.29, 1.82) is 0 Å². The van der Waals surface area contributed by atoms with Gasteiger partial charge in [-0.25, -0.2) is 4.79 Å². The summed E-state index contributed by atoms with van der Waals surface area (Å²) in [5, 5.41) is 0. The van der Waals surface area contributed by atoms with E-state index in [1.807, 2.05) is 4.98 Å². The van der Waals surface area contributed by atoms with Crippen molar-refractivity contribution in [2.45, 2.75) is 4.90 Å². The molecule has 5 nitrogen and oxygen atoms in total. The molecule has 0 radical (unpaired) electrons. The molecular weight excluding hydrogens is 168 g/mol. The quantitative estimate of drug-likeness (QED) is 0.561. The van der Waals surface area contributed by atoms with Crippen molar-refractivity contribution in [2.75, 3.05) is 6.26 Å². The van der Waals surface area contributed by atoms with E-state index in [0.717, 1.165) is 6.20 Å². The topological polar surface area (TPSA) is 82.8 Å². The lowest BCUT2D eigenvalue weighted by Crippen LogP contribution is -2.24. The average Bonchev–Trinajstić information content (AvgIpc) is 1.85. The van der Waals surface area contributed by atoms with Gasteiger partial charge in [-0.05, 0) is 0 Å². The summed E-state index contributed by atoms with van der Waals surface area (Å²) in [6.07, 6.45) is 2.51. The van der Waals surface area contributed by atoms with E-state index in [2.05, 4.69) is 4.98 Å². The van der Waals surface area contributed by atoms with Crippen molar-refractivity contribution in [2.24, 2.45) is 0 Å². The summed E-state index contributed by atoms with van der Waals surface area (Å²) >= 11 is 0. The second kappa shape index (κ2) is 2.83. The maximum atomic E-state index is 10.8. The minimum Gasteiger partial charge on any atom is -0.313 e. The van der Waals surface area contributed by atoms with Crippen LogP contribution >= 0.6 is 0 Å².